The van der Waals surface area contributed by atoms with Crippen LogP contribution in [0, 0.1) is 0 Å². The van der Waals surface area contributed by atoms with Gasteiger partial charge in [-0.1, -0.05) is 30.3 Å². The van der Waals surface area contributed by atoms with Crippen LogP contribution >= 0.6 is 0 Å². The van der Waals surface area contributed by atoms with Crippen molar-refractivity contribution in [1.29, 1.82) is 0 Å². The smallest absolute Gasteiger partial charge is 0.340 e. The Labute approximate surface area is 87.4 Å². The molecular weight excluding hydrogens is 186 g/mol. The van der Waals surface area contributed by atoms with E-state index >= 15 is 0 Å². The van der Waals surface area contributed by atoms with E-state index in [0.29, 0.717) is 0 Å². The molecule has 0 fully saturated rings. The van der Waals surface area contributed by atoms with Crippen molar-refractivity contribution in [3.05, 3.63) is 61.3 Å². The maximum atomic E-state index is 5.08. The fourth-order valence-electron chi connectivity index (χ4n) is 1.81. The molecule has 15 heavy (non-hydrogen) atoms. The van der Waals surface area contributed by atoms with Crippen molar-refractivity contribution < 1.29 is 8.98 Å². The number of nitrogens with zero attached hydrogens (tertiary/aromatic N) is 1. The van der Waals surface area contributed by atoms with Gasteiger partial charge in [0.2, 0.25) is 11.9 Å². The lowest BCUT2D eigenvalue weighted by atomic mass is 10.1. The van der Waals surface area contributed by atoms with Crippen LogP contribution in [0.4, 0.5) is 0 Å². The third-order valence-electron chi connectivity index (χ3n) is 2.52. The van der Waals surface area contributed by atoms with E-state index in [1.165, 1.54) is 10.8 Å². The quantitative estimate of drug-likeness (QED) is 0.547. The summed E-state index contributed by atoms with van der Waals surface area (Å²) in [6.07, 6.45) is 5.27. The molecule has 3 aromatic rings. The summed E-state index contributed by atoms with van der Waals surface area (Å²) in [5, 5.41) is 2.47. The van der Waals surface area contributed by atoms with Gasteiger partial charge in [0.25, 0.3) is 0 Å². The number of aromatic nitrogens is 1. The third-order valence-corrected chi connectivity index (χ3v) is 2.52. The maximum absolute atomic E-state index is 5.08. The Bertz CT molecular complexity index is 579. The van der Waals surface area contributed by atoms with Crippen molar-refractivity contribution in [3.8, 4) is 5.69 Å². The van der Waals surface area contributed by atoms with Gasteiger partial charge >= 0.3 is 6.39 Å². The van der Waals surface area contributed by atoms with Gasteiger partial charge in [0.1, 0.15) is 0 Å². The molecule has 0 saturated carbocycles. The second-order valence-corrected chi connectivity index (χ2v) is 3.43. The second kappa shape index (κ2) is 3.24. The highest BCUT2D eigenvalue weighted by atomic mass is 16.3. The first-order chi connectivity index (χ1) is 7.45. The highest BCUT2D eigenvalue weighted by Gasteiger charge is 2.10. The van der Waals surface area contributed by atoms with Crippen molar-refractivity contribution >= 4 is 10.8 Å². The summed E-state index contributed by atoms with van der Waals surface area (Å²) in [6.45, 7) is 0. The van der Waals surface area contributed by atoms with Gasteiger partial charge < -0.3 is 4.42 Å². The second-order valence-electron chi connectivity index (χ2n) is 3.43. The van der Waals surface area contributed by atoms with Crippen LogP contribution in [0.25, 0.3) is 16.5 Å². The number of benzene rings is 2. The summed E-state index contributed by atoms with van der Waals surface area (Å²) >= 11 is 0. The zero-order valence-corrected chi connectivity index (χ0v) is 8.13. The lowest BCUT2D eigenvalue weighted by Gasteiger charge is -1.98. The third kappa shape index (κ3) is 1.31. The van der Waals surface area contributed by atoms with E-state index in [9.17, 15) is 0 Å². The molecule has 0 aliphatic heterocycles. The first-order valence-corrected chi connectivity index (χ1v) is 4.87. The molecule has 0 N–H and O–H groups in total. The number of hydrogen-bond acceptors (Lipinski definition) is 1. The van der Waals surface area contributed by atoms with Crippen molar-refractivity contribution in [3.63, 3.8) is 0 Å². The van der Waals surface area contributed by atoms with Gasteiger partial charge in [-0.25, -0.2) is 0 Å². The lowest BCUT2D eigenvalue weighted by Crippen LogP contribution is -2.26. The average Bonchev–Trinajstić information content (AvgIpc) is 2.82. The molecule has 0 spiro atoms. The summed E-state index contributed by atoms with van der Waals surface area (Å²) < 4.78 is 7.06. The molecule has 0 radical (unpaired) electrons. The molecule has 0 atom stereocenters. The molecule has 0 bridgehead atoms. The van der Waals surface area contributed by atoms with Crippen LogP contribution in [0.3, 0.4) is 0 Å². The van der Waals surface area contributed by atoms with E-state index < -0.39 is 0 Å². The van der Waals surface area contributed by atoms with Crippen LogP contribution in [0.15, 0.2) is 65.7 Å². The molecule has 3 rings (SSSR count). The zero-order chi connectivity index (χ0) is 10.1. The average molecular weight is 196 g/mol. The first kappa shape index (κ1) is 8.24. The minimum Gasteiger partial charge on any atom is -0.412 e. The van der Waals surface area contributed by atoms with E-state index in [-0.39, 0.29) is 0 Å². The molecule has 0 aliphatic rings. The van der Waals surface area contributed by atoms with Crippen LogP contribution < -0.4 is 4.57 Å². The molecule has 72 valence electrons. The summed E-state index contributed by atoms with van der Waals surface area (Å²) in [6, 6.07) is 14.6. The van der Waals surface area contributed by atoms with Crippen LogP contribution in [0.5, 0.6) is 0 Å². The zero-order valence-electron chi connectivity index (χ0n) is 8.13. The molecule has 1 heterocycles. The first-order valence-electron chi connectivity index (χ1n) is 4.87. The number of fused-ring (bicyclic) bond motifs is 1. The van der Waals surface area contributed by atoms with Crippen molar-refractivity contribution in [2.45, 2.75) is 0 Å². The molecule has 0 aliphatic carbocycles. The molecule has 2 aromatic carbocycles. The van der Waals surface area contributed by atoms with E-state index in [1.54, 1.807) is 12.7 Å². The lowest BCUT2D eigenvalue weighted by molar-refractivity contribution is -0.597. The van der Waals surface area contributed by atoms with E-state index in [4.69, 9.17) is 4.42 Å². The van der Waals surface area contributed by atoms with Gasteiger partial charge in [-0.05, 0) is 11.5 Å². The summed E-state index contributed by atoms with van der Waals surface area (Å²) in [7, 11) is 0. The van der Waals surface area contributed by atoms with Crippen molar-refractivity contribution in [2.24, 2.45) is 0 Å². The largest absolute Gasteiger partial charge is 0.412 e. The van der Waals surface area contributed by atoms with E-state index in [1.807, 2.05) is 22.9 Å². The van der Waals surface area contributed by atoms with Crippen LogP contribution in [-0.2, 0) is 0 Å². The molecule has 1 aromatic heterocycles. The van der Waals surface area contributed by atoms with Gasteiger partial charge in [0, 0.05) is 6.07 Å². The fraction of sp³-hybridized carbons (Fsp3) is 0. The Morgan fingerprint density at radius 3 is 2.67 bits per heavy atom. The predicted octanol–water partition coefficient (Wildman–Crippen LogP) is 2.71. The maximum Gasteiger partial charge on any atom is 0.340 e. The molecule has 0 amide bonds. The summed E-state index contributed by atoms with van der Waals surface area (Å²) in [5.74, 6) is 0. The Morgan fingerprint density at radius 1 is 0.933 bits per heavy atom. The van der Waals surface area contributed by atoms with Gasteiger partial charge in [0.15, 0.2) is 6.26 Å². The highest BCUT2D eigenvalue weighted by molar-refractivity contribution is 5.88. The van der Waals surface area contributed by atoms with Crippen LogP contribution in [-0.4, -0.2) is 0 Å². The van der Waals surface area contributed by atoms with Crippen molar-refractivity contribution in [2.75, 3.05) is 0 Å². The monoisotopic (exact) mass is 196 g/mol. The molecule has 0 unspecified atom stereocenters. The predicted molar refractivity (Wildman–Crippen MR) is 57.7 cm³/mol. The Hall–Kier alpha value is -2.09. The molecule has 2 nitrogen and oxygen atoms in total. The fourth-order valence-corrected chi connectivity index (χ4v) is 1.81. The number of oxazole rings is 1. The Balaban J connectivity index is 2.36. The Morgan fingerprint density at radius 2 is 1.80 bits per heavy atom. The van der Waals surface area contributed by atoms with E-state index in [0.717, 1.165) is 5.69 Å². The van der Waals surface area contributed by atoms with Gasteiger partial charge in [-0.15, -0.1) is 4.57 Å². The van der Waals surface area contributed by atoms with Crippen molar-refractivity contribution in [1.82, 2.24) is 0 Å². The molecular formula is C13H10NO+. The minimum atomic E-state index is 1.14. The SMILES string of the molecule is c1ccc2c(-[n+]3ccoc3)cccc2c1. The highest BCUT2D eigenvalue weighted by Crippen LogP contribution is 2.17. The van der Waals surface area contributed by atoms with Gasteiger partial charge in [-0.3, -0.25) is 0 Å². The standard InChI is InChI=1S/C13H10NO/c1-2-6-12-11(4-1)5-3-7-13(12)14-8-9-15-10-14/h1-10H/q+1. The summed E-state index contributed by atoms with van der Waals surface area (Å²) in [5.41, 5.74) is 1.14. The van der Waals surface area contributed by atoms with Gasteiger partial charge in [0.05, 0.1) is 5.39 Å². The number of rotatable bonds is 1. The topological polar surface area (TPSA) is 17.0 Å². The molecule has 0 saturated heterocycles. The van der Waals surface area contributed by atoms with E-state index in [2.05, 4.69) is 30.3 Å². The molecule has 2 heteroatoms. The number of hydrogen-bond donors (Lipinski definition) is 0. The van der Waals surface area contributed by atoms with Crippen LogP contribution in [0.2, 0.25) is 0 Å². The van der Waals surface area contributed by atoms with Crippen LogP contribution in [0.1, 0.15) is 0 Å². The summed E-state index contributed by atoms with van der Waals surface area (Å²) in [4.78, 5) is 0. The Kier molecular flexibility index (Phi) is 1.78. The minimum absolute atomic E-state index is 1.14. The van der Waals surface area contributed by atoms with Gasteiger partial charge in [-0.2, -0.15) is 0 Å². The normalized spacial score (nSPS) is 10.7.